The van der Waals surface area contributed by atoms with Crippen molar-refractivity contribution in [2.24, 2.45) is 5.92 Å². The third-order valence-corrected chi connectivity index (χ3v) is 6.26. The first kappa shape index (κ1) is 20.7. The van der Waals surface area contributed by atoms with Crippen molar-refractivity contribution in [2.45, 2.75) is 37.8 Å². The fourth-order valence-corrected chi connectivity index (χ4v) is 4.14. The second-order valence-electron chi connectivity index (χ2n) is 6.74. The highest BCUT2D eigenvalue weighted by Gasteiger charge is 2.33. The Kier molecular flexibility index (Phi) is 6.33. The zero-order valence-corrected chi connectivity index (χ0v) is 15.6. The van der Waals surface area contributed by atoms with E-state index in [0.717, 1.165) is 30.7 Å². The van der Waals surface area contributed by atoms with Crippen molar-refractivity contribution in [3.05, 3.63) is 29.8 Å². The molecule has 5 nitrogen and oxygen atoms in total. The minimum absolute atomic E-state index is 0.00489. The summed E-state index contributed by atoms with van der Waals surface area (Å²) in [5.74, 6) is 0.422. The standard InChI is InChI=1S/C17H23F3N2O3S/c1-13(2)3-8-16(23)21-9-11-22(12-10-21)26(24,25)15-6-4-14(5-7-15)17(18,19)20/h4-7,13H,3,8-12H2,1-2H3. The zero-order chi connectivity index (χ0) is 19.5. The molecule has 0 saturated carbocycles. The minimum Gasteiger partial charge on any atom is -0.340 e. The third-order valence-electron chi connectivity index (χ3n) is 4.35. The Hall–Kier alpha value is -1.61. The van der Waals surface area contributed by atoms with Gasteiger partial charge in [0.1, 0.15) is 0 Å². The average molecular weight is 392 g/mol. The first-order valence-corrected chi connectivity index (χ1v) is 9.91. The van der Waals surface area contributed by atoms with Crippen LogP contribution >= 0.6 is 0 Å². The molecule has 1 aromatic carbocycles. The molecule has 0 spiro atoms. The van der Waals surface area contributed by atoms with Gasteiger partial charge in [0.15, 0.2) is 0 Å². The van der Waals surface area contributed by atoms with E-state index in [2.05, 4.69) is 0 Å². The number of amides is 1. The van der Waals surface area contributed by atoms with Gasteiger partial charge in [-0.05, 0) is 36.6 Å². The number of hydrogen-bond acceptors (Lipinski definition) is 3. The van der Waals surface area contributed by atoms with Gasteiger partial charge >= 0.3 is 6.18 Å². The van der Waals surface area contributed by atoms with Gasteiger partial charge in [-0.1, -0.05) is 13.8 Å². The van der Waals surface area contributed by atoms with Gasteiger partial charge < -0.3 is 4.90 Å². The summed E-state index contributed by atoms with van der Waals surface area (Å²) in [5.41, 5.74) is -0.892. The molecule has 0 aliphatic carbocycles. The molecular formula is C17H23F3N2O3S. The summed E-state index contributed by atoms with van der Waals surface area (Å²) in [7, 11) is -3.87. The largest absolute Gasteiger partial charge is 0.416 e. The Morgan fingerprint density at radius 2 is 1.62 bits per heavy atom. The number of benzene rings is 1. The van der Waals surface area contributed by atoms with Crippen LogP contribution in [0.2, 0.25) is 0 Å². The van der Waals surface area contributed by atoms with E-state index in [1.807, 2.05) is 13.8 Å². The third kappa shape index (κ3) is 4.97. The van der Waals surface area contributed by atoms with E-state index in [1.54, 1.807) is 4.90 Å². The molecule has 1 aliphatic rings. The first-order chi connectivity index (χ1) is 12.0. The van der Waals surface area contributed by atoms with Gasteiger partial charge in [0.05, 0.1) is 10.5 Å². The molecule has 2 rings (SSSR count). The molecule has 146 valence electrons. The number of halogens is 3. The molecule has 1 heterocycles. The summed E-state index contributed by atoms with van der Waals surface area (Å²) in [6, 6.07) is 3.47. The van der Waals surface area contributed by atoms with E-state index in [1.165, 1.54) is 4.31 Å². The van der Waals surface area contributed by atoms with Crippen LogP contribution in [0.25, 0.3) is 0 Å². The van der Waals surface area contributed by atoms with Crippen molar-refractivity contribution in [3.63, 3.8) is 0 Å². The lowest BCUT2D eigenvalue weighted by molar-refractivity contribution is -0.137. The van der Waals surface area contributed by atoms with Gasteiger partial charge in [0.2, 0.25) is 15.9 Å². The summed E-state index contributed by atoms with van der Waals surface area (Å²) in [5, 5.41) is 0. The van der Waals surface area contributed by atoms with E-state index in [0.29, 0.717) is 12.3 Å². The van der Waals surface area contributed by atoms with Crippen molar-refractivity contribution in [2.75, 3.05) is 26.2 Å². The molecule has 1 fully saturated rings. The lowest BCUT2D eigenvalue weighted by Gasteiger charge is -2.34. The Labute approximate surface area is 151 Å². The Morgan fingerprint density at radius 1 is 1.08 bits per heavy atom. The van der Waals surface area contributed by atoms with Crippen LogP contribution < -0.4 is 0 Å². The van der Waals surface area contributed by atoms with Gasteiger partial charge in [-0.2, -0.15) is 17.5 Å². The highest BCUT2D eigenvalue weighted by molar-refractivity contribution is 7.89. The number of rotatable bonds is 5. The summed E-state index contributed by atoms with van der Waals surface area (Å²) in [4.78, 5) is 13.6. The van der Waals surface area contributed by atoms with Crippen molar-refractivity contribution < 1.29 is 26.4 Å². The fraction of sp³-hybridized carbons (Fsp3) is 0.588. The number of carbonyl (C=O) groups is 1. The van der Waals surface area contributed by atoms with Crippen LogP contribution in [0.4, 0.5) is 13.2 Å². The maximum absolute atomic E-state index is 12.6. The normalized spacial score (nSPS) is 16.9. The van der Waals surface area contributed by atoms with Gasteiger partial charge in [-0.3, -0.25) is 4.79 Å². The number of sulfonamides is 1. The predicted octanol–water partition coefficient (Wildman–Crippen LogP) is 2.97. The van der Waals surface area contributed by atoms with Gasteiger partial charge in [-0.25, -0.2) is 8.42 Å². The number of alkyl halides is 3. The van der Waals surface area contributed by atoms with Gasteiger partial charge in [0, 0.05) is 32.6 Å². The molecule has 1 aromatic rings. The molecule has 0 aromatic heterocycles. The SMILES string of the molecule is CC(C)CCC(=O)N1CCN(S(=O)(=O)c2ccc(C(F)(F)F)cc2)CC1. The molecular weight excluding hydrogens is 369 g/mol. The summed E-state index contributed by atoms with van der Waals surface area (Å²) < 4.78 is 64.2. The molecule has 1 amide bonds. The number of carbonyl (C=O) groups excluding carboxylic acids is 1. The Bertz CT molecular complexity index is 723. The Morgan fingerprint density at radius 3 is 2.08 bits per heavy atom. The van der Waals surface area contributed by atoms with E-state index in [9.17, 15) is 26.4 Å². The van der Waals surface area contributed by atoms with Crippen LogP contribution in [0, 0.1) is 5.92 Å². The van der Waals surface area contributed by atoms with Crippen LogP contribution in [0.1, 0.15) is 32.3 Å². The smallest absolute Gasteiger partial charge is 0.340 e. The fourth-order valence-electron chi connectivity index (χ4n) is 2.71. The molecule has 0 unspecified atom stereocenters. The van der Waals surface area contributed by atoms with E-state index >= 15 is 0 Å². The summed E-state index contributed by atoms with van der Waals surface area (Å²) >= 11 is 0. The van der Waals surface area contributed by atoms with Crippen LogP contribution in [-0.4, -0.2) is 49.7 Å². The van der Waals surface area contributed by atoms with Crippen LogP contribution in [0.5, 0.6) is 0 Å². The lowest BCUT2D eigenvalue weighted by atomic mass is 10.1. The first-order valence-electron chi connectivity index (χ1n) is 8.47. The molecule has 0 atom stereocenters. The van der Waals surface area contributed by atoms with E-state index in [-0.39, 0.29) is 37.0 Å². The number of hydrogen-bond donors (Lipinski definition) is 0. The maximum Gasteiger partial charge on any atom is 0.416 e. The Balaban J connectivity index is 2.00. The second kappa shape index (κ2) is 7.96. The molecule has 0 radical (unpaired) electrons. The topological polar surface area (TPSA) is 57.7 Å². The van der Waals surface area contributed by atoms with Crippen LogP contribution in [-0.2, 0) is 21.0 Å². The average Bonchev–Trinajstić information content (AvgIpc) is 2.59. The highest BCUT2D eigenvalue weighted by atomic mass is 32.2. The van der Waals surface area contributed by atoms with Crippen molar-refractivity contribution >= 4 is 15.9 Å². The number of piperazine rings is 1. The van der Waals surface area contributed by atoms with Crippen molar-refractivity contribution in [1.29, 1.82) is 0 Å². The summed E-state index contributed by atoms with van der Waals surface area (Å²) in [6.07, 6.45) is -3.30. The predicted molar refractivity (Wildman–Crippen MR) is 90.9 cm³/mol. The second-order valence-corrected chi connectivity index (χ2v) is 8.68. The van der Waals surface area contributed by atoms with Gasteiger partial charge in [0.25, 0.3) is 0 Å². The molecule has 1 saturated heterocycles. The van der Waals surface area contributed by atoms with Gasteiger partial charge in [-0.15, -0.1) is 0 Å². The van der Waals surface area contributed by atoms with Crippen molar-refractivity contribution in [3.8, 4) is 0 Å². The zero-order valence-electron chi connectivity index (χ0n) is 14.8. The van der Waals surface area contributed by atoms with Crippen LogP contribution in [0.15, 0.2) is 29.2 Å². The number of nitrogens with zero attached hydrogens (tertiary/aromatic N) is 2. The molecule has 26 heavy (non-hydrogen) atoms. The molecule has 9 heteroatoms. The minimum atomic E-state index is -4.51. The highest BCUT2D eigenvalue weighted by Crippen LogP contribution is 2.30. The van der Waals surface area contributed by atoms with Crippen molar-refractivity contribution in [1.82, 2.24) is 9.21 Å². The van der Waals surface area contributed by atoms with E-state index < -0.39 is 21.8 Å². The summed E-state index contributed by atoms with van der Waals surface area (Å²) in [6.45, 7) is 4.91. The maximum atomic E-state index is 12.6. The molecule has 0 bridgehead atoms. The quantitative estimate of drug-likeness (QED) is 0.774. The van der Waals surface area contributed by atoms with E-state index in [4.69, 9.17) is 0 Å². The monoisotopic (exact) mass is 392 g/mol. The molecule has 0 N–H and O–H groups in total. The lowest BCUT2D eigenvalue weighted by Crippen LogP contribution is -2.50. The molecule has 1 aliphatic heterocycles. The van der Waals surface area contributed by atoms with Crippen LogP contribution in [0.3, 0.4) is 0 Å².